The van der Waals surface area contributed by atoms with Crippen LogP contribution in [-0.2, 0) is 0 Å². The standard InChI is InChI=1S/C18H10BrCl4N5OS/c19-14-8-13(28(26-14)16-10(21)2-1-3-24-16)17(29)27(18-25-4-5-30-18)15-11(22)6-9(20)7-12(15)23/h1-3,6-8H,4-5H2. The maximum atomic E-state index is 13.8. The first-order chi connectivity index (χ1) is 14.4. The second-order valence-corrected chi connectivity index (χ2v) is 9.48. The van der Waals surface area contributed by atoms with Gasteiger partial charge in [0, 0.05) is 23.0 Å². The lowest BCUT2D eigenvalue weighted by Gasteiger charge is -2.24. The summed E-state index contributed by atoms with van der Waals surface area (Å²) < 4.78 is 1.79. The molecule has 30 heavy (non-hydrogen) atoms. The maximum Gasteiger partial charge on any atom is 0.283 e. The fourth-order valence-electron chi connectivity index (χ4n) is 2.81. The zero-order valence-electron chi connectivity index (χ0n) is 14.8. The summed E-state index contributed by atoms with van der Waals surface area (Å²) in [5.74, 6) is 0.591. The summed E-state index contributed by atoms with van der Waals surface area (Å²) >= 11 is 30.0. The average molecular weight is 566 g/mol. The van der Waals surface area contributed by atoms with Crippen LogP contribution in [0.4, 0.5) is 5.69 Å². The Morgan fingerprint density at radius 1 is 1.13 bits per heavy atom. The second kappa shape index (κ2) is 9.06. The smallest absolute Gasteiger partial charge is 0.266 e. The summed E-state index contributed by atoms with van der Waals surface area (Å²) in [5, 5.41) is 5.94. The predicted octanol–water partition coefficient (Wildman–Crippen LogP) is 6.39. The number of benzene rings is 1. The minimum absolute atomic E-state index is 0.194. The fourth-order valence-corrected chi connectivity index (χ4v) is 5.22. The van der Waals surface area contributed by atoms with Crippen molar-refractivity contribution in [2.75, 3.05) is 17.2 Å². The number of halogens is 5. The highest BCUT2D eigenvalue weighted by Crippen LogP contribution is 2.39. The van der Waals surface area contributed by atoms with Gasteiger partial charge in [-0.05, 0) is 40.2 Å². The van der Waals surface area contributed by atoms with Gasteiger partial charge >= 0.3 is 0 Å². The van der Waals surface area contributed by atoms with Crippen LogP contribution in [0, 0.1) is 0 Å². The minimum atomic E-state index is -0.450. The van der Waals surface area contributed by atoms with Gasteiger partial charge in [0.15, 0.2) is 11.0 Å². The van der Waals surface area contributed by atoms with Crippen molar-refractivity contribution in [1.82, 2.24) is 14.8 Å². The lowest BCUT2D eigenvalue weighted by Crippen LogP contribution is -2.36. The first kappa shape index (κ1) is 21.9. The molecule has 0 N–H and O–H groups in total. The van der Waals surface area contributed by atoms with E-state index >= 15 is 0 Å². The molecule has 0 unspecified atom stereocenters. The average Bonchev–Trinajstić information content (AvgIpc) is 3.34. The van der Waals surface area contributed by atoms with Crippen molar-refractivity contribution in [2.45, 2.75) is 0 Å². The van der Waals surface area contributed by atoms with E-state index in [0.717, 1.165) is 5.75 Å². The van der Waals surface area contributed by atoms with Crippen LogP contribution in [-0.4, -0.2) is 38.1 Å². The summed E-state index contributed by atoms with van der Waals surface area (Å²) in [7, 11) is 0. The van der Waals surface area contributed by atoms with E-state index in [9.17, 15) is 4.79 Å². The van der Waals surface area contributed by atoms with E-state index in [2.05, 4.69) is 31.0 Å². The summed E-state index contributed by atoms with van der Waals surface area (Å²) in [4.78, 5) is 23.8. The number of aromatic nitrogens is 3. The van der Waals surface area contributed by atoms with Crippen molar-refractivity contribution in [3.8, 4) is 5.82 Å². The third-order valence-electron chi connectivity index (χ3n) is 4.01. The molecule has 3 heterocycles. The van der Waals surface area contributed by atoms with Gasteiger partial charge in [-0.3, -0.25) is 14.7 Å². The Kier molecular flexibility index (Phi) is 6.62. The molecule has 1 aromatic carbocycles. The minimum Gasteiger partial charge on any atom is -0.266 e. The van der Waals surface area contributed by atoms with Crippen LogP contribution < -0.4 is 4.90 Å². The largest absolute Gasteiger partial charge is 0.283 e. The molecule has 1 aliphatic heterocycles. The zero-order valence-corrected chi connectivity index (χ0v) is 20.2. The highest BCUT2D eigenvalue weighted by Gasteiger charge is 2.32. The number of pyridine rings is 1. The topological polar surface area (TPSA) is 63.4 Å². The molecule has 2 aromatic heterocycles. The van der Waals surface area contributed by atoms with Gasteiger partial charge < -0.3 is 0 Å². The number of nitrogens with zero attached hydrogens (tertiary/aromatic N) is 5. The molecule has 0 saturated carbocycles. The number of carbonyl (C=O) groups is 1. The van der Waals surface area contributed by atoms with E-state index in [4.69, 9.17) is 46.4 Å². The Labute approximate surface area is 204 Å². The van der Waals surface area contributed by atoms with Gasteiger partial charge in [0.05, 0.1) is 27.3 Å². The summed E-state index contributed by atoms with van der Waals surface area (Å²) in [6.07, 6.45) is 1.56. The number of rotatable bonds is 3. The fraction of sp³-hybridized carbons (Fsp3) is 0.111. The van der Waals surface area contributed by atoms with Gasteiger partial charge in [-0.2, -0.15) is 5.10 Å². The number of hydrogen-bond acceptors (Lipinski definition) is 5. The van der Waals surface area contributed by atoms with Crippen molar-refractivity contribution < 1.29 is 4.79 Å². The van der Waals surface area contributed by atoms with Gasteiger partial charge in [0.1, 0.15) is 10.3 Å². The van der Waals surface area contributed by atoms with Crippen LogP contribution >= 0.6 is 74.1 Å². The molecule has 0 saturated heterocycles. The van der Waals surface area contributed by atoms with Crippen molar-refractivity contribution in [2.24, 2.45) is 4.99 Å². The Hall–Kier alpha value is -1.29. The molecule has 1 amide bonds. The number of anilines is 1. The van der Waals surface area contributed by atoms with Crippen LogP contribution in [0.15, 0.2) is 46.1 Å². The third-order valence-corrected chi connectivity index (χ3v) is 6.44. The van der Waals surface area contributed by atoms with Crippen molar-refractivity contribution in [1.29, 1.82) is 0 Å². The maximum absolute atomic E-state index is 13.8. The molecule has 0 fully saturated rings. The van der Waals surface area contributed by atoms with E-state index in [1.165, 1.54) is 33.5 Å². The van der Waals surface area contributed by atoms with Crippen LogP contribution in [0.5, 0.6) is 0 Å². The molecule has 12 heteroatoms. The van der Waals surface area contributed by atoms with Crippen LogP contribution in [0.25, 0.3) is 5.82 Å². The molecule has 0 spiro atoms. The first-order valence-electron chi connectivity index (χ1n) is 8.39. The van der Waals surface area contributed by atoms with E-state index in [1.54, 1.807) is 24.4 Å². The molecular formula is C18H10BrCl4N5OS. The molecule has 3 aromatic rings. The normalized spacial score (nSPS) is 13.4. The van der Waals surface area contributed by atoms with Crippen LogP contribution in [0.2, 0.25) is 20.1 Å². The molecular weight excluding hydrogens is 556 g/mol. The third kappa shape index (κ3) is 4.22. The molecule has 1 aliphatic rings. The van der Waals surface area contributed by atoms with E-state index < -0.39 is 5.91 Å². The molecule has 154 valence electrons. The molecule has 4 rings (SSSR count). The van der Waals surface area contributed by atoms with E-state index in [1.807, 2.05) is 0 Å². The Morgan fingerprint density at radius 2 is 1.87 bits per heavy atom. The van der Waals surface area contributed by atoms with E-state index in [0.29, 0.717) is 32.2 Å². The molecule has 0 bridgehead atoms. The lowest BCUT2D eigenvalue weighted by molar-refractivity contribution is 0.0995. The highest BCUT2D eigenvalue weighted by molar-refractivity contribution is 9.10. The Morgan fingerprint density at radius 3 is 2.50 bits per heavy atom. The predicted molar refractivity (Wildman–Crippen MR) is 127 cm³/mol. The number of hydrogen-bond donors (Lipinski definition) is 0. The van der Waals surface area contributed by atoms with Crippen molar-refractivity contribution >= 4 is 90.9 Å². The molecule has 0 atom stereocenters. The van der Waals surface area contributed by atoms with Gasteiger partial charge in [0.25, 0.3) is 5.91 Å². The highest BCUT2D eigenvalue weighted by atomic mass is 79.9. The van der Waals surface area contributed by atoms with E-state index in [-0.39, 0.29) is 21.4 Å². The van der Waals surface area contributed by atoms with Gasteiger partial charge in [-0.1, -0.05) is 58.2 Å². The number of carbonyl (C=O) groups excluding carboxylic acids is 1. The van der Waals surface area contributed by atoms with Crippen molar-refractivity contribution in [3.05, 3.63) is 66.9 Å². The van der Waals surface area contributed by atoms with Gasteiger partial charge in [0.2, 0.25) is 0 Å². The zero-order chi connectivity index (χ0) is 21.4. The Bertz CT molecular complexity index is 1160. The van der Waals surface area contributed by atoms with Crippen molar-refractivity contribution in [3.63, 3.8) is 0 Å². The lowest BCUT2D eigenvalue weighted by atomic mass is 10.2. The summed E-state index contributed by atoms with van der Waals surface area (Å²) in [6.45, 7) is 0.571. The Balaban J connectivity index is 1.89. The monoisotopic (exact) mass is 563 g/mol. The summed E-state index contributed by atoms with van der Waals surface area (Å²) in [6, 6.07) is 7.96. The summed E-state index contributed by atoms with van der Waals surface area (Å²) in [5.41, 5.74) is 0.483. The second-order valence-electron chi connectivity index (χ2n) is 5.94. The van der Waals surface area contributed by atoms with Gasteiger partial charge in [-0.25, -0.2) is 9.67 Å². The van der Waals surface area contributed by atoms with Crippen LogP contribution in [0.1, 0.15) is 10.5 Å². The molecule has 6 nitrogen and oxygen atoms in total. The number of aliphatic imine (C=N–C) groups is 1. The van der Waals surface area contributed by atoms with Crippen LogP contribution in [0.3, 0.4) is 0 Å². The first-order valence-corrected chi connectivity index (χ1v) is 11.7. The number of amidine groups is 1. The molecule has 0 aliphatic carbocycles. The SMILES string of the molecule is O=C(c1cc(Br)nn1-c1ncccc1Cl)N(C1=NCCS1)c1c(Cl)cc(Cl)cc1Cl. The molecule has 0 radical (unpaired) electrons. The number of amides is 1. The van der Waals surface area contributed by atoms with Gasteiger partial charge in [-0.15, -0.1) is 0 Å². The quantitative estimate of drug-likeness (QED) is 0.369. The number of thioether (sulfide) groups is 1.